The molecule has 0 spiro atoms. The molecular formula is C22H28BrF3N4O2. The van der Waals surface area contributed by atoms with Crippen molar-refractivity contribution >= 4 is 21.4 Å². The van der Waals surface area contributed by atoms with Gasteiger partial charge in [-0.15, -0.1) is 0 Å². The van der Waals surface area contributed by atoms with Crippen LogP contribution in [0, 0.1) is 17.3 Å². The molecule has 2 aliphatic heterocycles. The summed E-state index contributed by atoms with van der Waals surface area (Å²) < 4.78 is 49.4. The highest BCUT2D eigenvalue weighted by Crippen LogP contribution is 2.50. The van der Waals surface area contributed by atoms with Crippen molar-refractivity contribution in [2.24, 2.45) is 17.3 Å². The topological polar surface area (TPSA) is 59.7 Å². The van der Waals surface area contributed by atoms with Crippen LogP contribution in [-0.4, -0.2) is 34.8 Å². The highest BCUT2D eigenvalue weighted by atomic mass is 79.9. The summed E-state index contributed by atoms with van der Waals surface area (Å²) in [6.07, 6.45) is 2.91. The predicted octanol–water partition coefficient (Wildman–Crippen LogP) is 4.13. The molecule has 2 saturated heterocycles. The van der Waals surface area contributed by atoms with Crippen LogP contribution in [0.1, 0.15) is 50.6 Å². The normalized spacial score (nSPS) is 30.5. The van der Waals surface area contributed by atoms with Gasteiger partial charge in [-0.25, -0.2) is 4.79 Å². The number of hydrogen-bond acceptors (Lipinski definition) is 4. The monoisotopic (exact) mass is 516 g/mol. The Balaban J connectivity index is 1.44. The zero-order chi connectivity index (χ0) is 22.7. The predicted molar refractivity (Wildman–Crippen MR) is 117 cm³/mol. The fraction of sp³-hybridized carbons (Fsp3) is 0.682. The molecule has 4 heterocycles. The Morgan fingerprint density at radius 2 is 2.06 bits per heavy atom. The Hall–Kier alpha value is -1.36. The molecule has 5 rings (SSSR count). The highest BCUT2D eigenvalue weighted by molar-refractivity contribution is 9.10. The molecule has 3 aliphatic rings. The van der Waals surface area contributed by atoms with E-state index >= 15 is 0 Å². The summed E-state index contributed by atoms with van der Waals surface area (Å²) in [6.45, 7) is 4.61. The second-order valence-electron chi connectivity index (χ2n) is 9.83. The maximum atomic E-state index is 13.6. The standard InChI is InChI=1S/C22H28BrF3N4O2/c1-13-8-27-28-18(13)7-21(11-32-12-21)14-3-2-4-16(5-14)29-10-19-17(22(24,25)26)6-15(23)9-30(19)20(29)31/h6,9-10,13-14,16,18,27-28H,2-5,7-8,11-12H2,1H3. The third kappa shape index (κ3) is 3.82. The molecule has 32 heavy (non-hydrogen) atoms. The molecule has 6 nitrogen and oxygen atoms in total. The Kier molecular flexibility index (Phi) is 5.71. The number of hydrogen-bond donors (Lipinski definition) is 2. The van der Waals surface area contributed by atoms with Crippen molar-refractivity contribution in [2.75, 3.05) is 19.8 Å². The Labute approximate surface area is 192 Å². The van der Waals surface area contributed by atoms with Gasteiger partial charge in [-0.3, -0.25) is 19.8 Å². The van der Waals surface area contributed by atoms with Crippen LogP contribution < -0.4 is 16.5 Å². The first-order valence-corrected chi connectivity index (χ1v) is 12.0. The molecule has 0 amide bonds. The zero-order valence-electron chi connectivity index (χ0n) is 17.9. The van der Waals surface area contributed by atoms with Crippen molar-refractivity contribution in [3.8, 4) is 0 Å². The molecule has 10 heteroatoms. The molecule has 0 aromatic carbocycles. The number of nitrogens with zero attached hydrogens (tertiary/aromatic N) is 2. The largest absolute Gasteiger partial charge is 0.418 e. The molecule has 4 atom stereocenters. The van der Waals surface area contributed by atoms with Crippen LogP contribution in [0.25, 0.3) is 5.52 Å². The van der Waals surface area contributed by atoms with E-state index in [1.54, 1.807) is 0 Å². The zero-order valence-corrected chi connectivity index (χ0v) is 19.5. The molecular weight excluding hydrogens is 489 g/mol. The Morgan fingerprint density at radius 1 is 1.28 bits per heavy atom. The summed E-state index contributed by atoms with van der Waals surface area (Å²) in [5.41, 5.74) is 5.40. The van der Waals surface area contributed by atoms with Gasteiger partial charge in [0.2, 0.25) is 0 Å². The first kappa shape index (κ1) is 22.4. The molecule has 4 unspecified atom stereocenters. The lowest BCUT2D eigenvalue weighted by Crippen LogP contribution is -2.53. The van der Waals surface area contributed by atoms with Crippen LogP contribution in [0.15, 0.2) is 27.7 Å². The number of nitrogens with one attached hydrogen (secondary N) is 2. The van der Waals surface area contributed by atoms with Crippen LogP contribution in [-0.2, 0) is 10.9 Å². The van der Waals surface area contributed by atoms with Crippen molar-refractivity contribution in [2.45, 2.75) is 57.3 Å². The molecule has 0 bridgehead atoms. The first-order chi connectivity index (χ1) is 15.2. The average Bonchev–Trinajstić information content (AvgIpc) is 3.26. The van der Waals surface area contributed by atoms with Crippen LogP contribution in [0.5, 0.6) is 0 Å². The average molecular weight is 517 g/mol. The summed E-state index contributed by atoms with van der Waals surface area (Å²) in [7, 11) is 0. The fourth-order valence-electron chi connectivity index (χ4n) is 5.84. The second kappa shape index (κ2) is 8.14. The molecule has 0 radical (unpaired) electrons. The molecule has 2 aromatic rings. The van der Waals surface area contributed by atoms with Gasteiger partial charge in [-0.2, -0.15) is 13.2 Å². The lowest BCUT2D eigenvalue weighted by atomic mass is 9.63. The van der Waals surface area contributed by atoms with E-state index in [4.69, 9.17) is 4.74 Å². The number of ether oxygens (including phenoxy) is 1. The highest BCUT2D eigenvalue weighted by Gasteiger charge is 2.49. The van der Waals surface area contributed by atoms with Crippen molar-refractivity contribution in [1.82, 2.24) is 19.8 Å². The Bertz CT molecular complexity index is 1060. The van der Waals surface area contributed by atoms with Gasteiger partial charge in [-0.05, 0) is 59.5 Å². The number of hydrazine groups is 1. The van der Waals surface area contributed by atoms with Gasteiger partial charge in [0.25, 0.3) is 0 Å². The fourth-order valence-corrected chi connectivity index (χ4v) is 6.28. The molecule has 2 aromatic heterocycles. The number of fused-ring (bicyclic) bond motifs is 1. The van der Waals surface area contributed by atoms with E-state index in [2.05, 4.69) is 33.7 Å². The van der Waals surface area contributed by atoms with Crippen molar-refractivity contribution in [3.05, 3.63) is 39.0 Å². The smallest absolute Gasteiger partial charge is 0.380 e. The van der Waals surface area contributed by atoms with Crippen molar-refractivity contribution in [1.29, 1.82) is 0 Å². The summed E-state index contributed by atoms with van der Waals surface area (Å²) in [5, 5.41) is 0. The lowest BCUT2D eigenvalue weighted by molar-refractivity contribution is -0.164. The third-order valence-corrected chi connectivity index (χ3v) is 8.21. The van der Waals surface area contributed by atoms with E-state index in [9.17, 15) is 18.0 Å². The third-order valence-electron chi connectivity index (χ3n) is 7.77. The maximum absolute atomic E-state index is 13.6. The van der Waals surface area contributed by atoms with Gasteiger partial charge < -0.3 is 4.74 Å². The first-order valence-electron chi connectivity index (χ1n) is 11.2. The quantitative estimate of drug-likeness (QED) is 0.641. The molecule has 3 fully saturated rings. The molecule has 1 saturated carbocycles. The summed E-state index contributed by atoms with van der Waals surface area (Å²) in [6, 6.07) is 1.31. The molecule has 1 aliphatic carbocycles. The molecule has 176 valence electrons. The Morgan fingerprint density at radius 3 is 2.69 bits per heavy atom. The number of rotatable bonds is 4. The van der Waals surface area contributed by atoms with Gasteiger partial charge >= 0.3 is 11.9 Å². The summed E-state index contributed by atoms with van der Waals surface area (Å²) >= 11 is 3.12. The van der Waals surface area contributed by atoms with Crippen LogP contribution in [0.2, 0.25) is 0 Å². The van der Waals surface area contributed by atoms with Gasteiger partial charge in [0.15, 0.2) is 0 Å². The minimum Gasteiger partial charge on any atom is -0.380 e. The van der Waals surface area contributed by atoms with Crippen LogP contribution in [0.3, 0.4) is 0 Å². The number of halogens is 4. The number of alkyl halides is 3. The minimum atomic E-state index is -4.53. The van der Waals surface area contributed by atoms with Gasteiger partial charge in [0.05, 0.1) is 24.3 Å². The summed E-state index contributed by atoms with van der Waals surface area (Å²) in [4.78, 5) is 13.1. The van der Waals surface area contributed by atoms with E-state index in [1.165, 1.54) is 17.0 Å². The van der Waals surface area contributed by atoms with Gasteiger partial charge in [0, 0.05) is 40.9 Å². The SMILES string of the molecule is CC1CNNC1CC1(C2CCCC(n3cc4c(C(F)(F)F)cc(Br)cn4c3=O)C2)COC1. The lowest BCUT2D eigenvalue weighted by Gasteiger charge is -2.51. The van der Waals surface area contributed by atoms with E-state index in [1.807, 2.05) is 0 Å². The van der Waals surface area contributed by atoms with Crippen molar-refractivity contribution in [3.63, 3.8) is 0 Å². The van der Waals surface area contributed by atoms with Gasteiger partial charge in [-0.1, -0.05) is 13.3 Å². The van der Waals surface area contributed by atoms with Crippen LogP contribution in [0.4, 0.5) is 13.2 Å². The number of pyridine rings is 1. The van der Waals surface area contributed by atoms with Crippen molar-refractivity contribution < 1.29 is 17.9 Å². The second-order valence-corrected chi connectivity index (χ2v) is 10.7. The summed E-state index contributed by atoms with van der Waals surface area (Å²) in [5.74, 6) is 0.916. The number of aromatic nitrogens is 2. The number of imidazole rings is 1. The van der Waals surface area contributed by atoms with Gasteiger partial charge in [0.1, 0.15) is 0 Å². The van der Waals surface area contributed by atoms with E-state index in [-0.39, 0.29) is 21.4 Å². The van der Waals surface area contributed by atoms with Crippen LogP contribution >= 0.6 is 15.9 Å². The van der Waals surface area contributed by atoms with E-state index < -0.39 is 17.4 Å². The molecule has 2 N–H and O–H groups in total. The minimum absolute atomic E-state index is 0.0690. The van der Waals surface area contributed by atoms with E-state index in [0.717, 1.165) is 49.1 Å². The maximum Gasteiger partial charge on any atom is 0.418 e. The van der Waals surface area contributed by atoms with E-state index in [0.29, 0.717) is 31.1 Å².